The van der Waals surface area contributed by atoms with E-state index in [0.717, 1.165) is 5.56 Å². The fraction of sp³-hybridized carbons (Fsp3) is 0.154. The Bertz CT molecular complexity index is 566. The normalized spacial score (nSPS) is 12.3. The van der Waals surface area contributed by atoms with Crippen molar-refractivity contribution >= 4 is 17.5 Å². The number of nitrogens with two attached hydrogens (primary N) is 2. The lowest BCUT2D eigenvalue weighted by Crippen LogP contribution is -2.20. The van der Waals surface area contributed by atoms with Gasteiger partial charge in [-0.1, -0.05) is 23.7 Å². The minimum Gasteiger partial charge on any atom is -0.459 e. The molecule has 1 aromatic heterocycles. The molecule has 4 nitrogen and oxygen atoms in total. The molecule has 18 heavy (non-hydrogen) atoms. The number of hydrogen-bond acceptors (Lipinski definition) is 3. The minimum absolute atomic E-state index is 0.0511. The van der Waals surface area contributed by atoms with Crippen LogP contribution in [0, 0.1) is 0 Å². The van der Waals surface area contributed by atoms with Gasteiger partial charge in [-0.05, 0) is 24.3 Å². The molecule has 0 saturated heterocycles. The topological polar surface area (TPSA) is 82.2 Å². The first-order chi connectivity index (χ1) is 8.58. The van der Waals surface area contributed by atoms with Crippen molar-refractivity contribution in [1.29, 1.82) is 0 Å². The van der Waals surface area contributed by atoms with Gasteiger partial charge in [-0.25, -0.2) is 0 Å². The number of primary amides is 1. The average Bonchev–Trinajstić information content (AvgIpc) is 2.78. The molecule has 1 amide bonds. The van der Waals surface area contributed by atoms with Crippen LogP contribution in [0.2, 0.25) is 5.02 Å². The van der Waals surface area contributed by atoms with Crippen LogP contribution >= 0.6 is 11.6 Å². The number of furan rings is 1. The second-order valence-electron chi connectivity index (χ2n) is 3.96. The van der Waals surface area contributed by atoms with E-state index in [1.807, 2.05) is 18.2 Å². The van der Waals surface area contributed by atoms with Gasteiger partial charge in [0.1, 0.15) is 11.5 Å². The third kappa shape index (κ3) is 2.72. The van der Waals surface area contributed by atoms with E-state index in [4.69, 9.17) is 27.5 Å². The van der Waals surface area contributed by atoms with E-state index >= 15 is 0 Å². The Morgan fingerprint density at radius 3 is 2.67 bits per heavy atom. The van der Waals surface area contributed by atoms with Gasteiger partial charge >= 0.3 is 0 Å². The van der Waals surface area contributed by atoms with E-state index in [-0.39, 0.29) is 6.42 Å². The van der Waals surface area contributed by atoms with E-state index < -0.39 is 11.9 Å². The summed E-state index contributed by atoms with van der Waals surface area (Å²) in [6.45, 7) is 0. The molecule has 0 fully saturated rings. The van der Waals surface area contributed by atoms with Crippen molar-refractivity contribution in [3.8, 4) is 11.3 Å². The first kappa shape index (κ1) is 12.7. The van der Waals surface area contributed by atoms with Crippen LogP contribution in [0.5, 0.6) is 0 Å². The Morgan fingerprint density at radius 2 is 2.00 bits per heavy atom. The Morgan fingerprint density at radius 1 is 1.28 bits per heavy atom. The lowest BCUT2D eigenvalue weighted by molar-refractivity contribution is -0.118. The van der Waals surface area contributed by atoms with Crippen molar-refractivity contribution in [2.45, 2.75) is 12.5 Å². The van der Waals surface area contributed by atoms with E-state index in [0.29, 0.717) is 16.5 Å². The lowest BCUT2D eigenvalue weighted by Gasteiger charge is -2.05. The maximum absolute atomic E-state index is 10.8. The predicted molar refractivity (Wildman–Crippen MR) is 69.9 cm³/mol. The fourth-order valence-corrected chi connectivity index (χ4v) is 1.90. The number of amides is 1. The highest BCUT2D eigenvalue weighted by atomic mass is 35.5. The van der Waals surface area contributed by atoms with Crippen LogP contribution in [-0.2, 0) is 4.79 Å². The highest BCUT2D eigenvalue weighted by Gasteiger charge is 2.15. The van der Waals surface area contributed by atoms with Gasteiger partial charge in [-0.3, -0.25) is 4.79 Å². The van der Waals surface area contributed by atoms with Gasteiger partial charge in [0.15, 0.2) is 0 Å². The maximum atomic E-state index is 10.8. The van der Waals surface area contributed by atoms with Crippen LogP contribution in [0.4, 0.5) is 0 Å². The summed E-state index contributed by atoms with van der Waals surface area (Å²) < 4.78 is 5.60. The van der Waals surface area contributed by atoms with Gasteiger partial charge < -0.3 is 15.9 Å². The second-order valence-corrected chi connectivity index (χ2v) is 4.37. The second kappa shape index (κ2) is 5.25. The highest BCUT2D eigenvalue weighted by molar-refractivity contribution is 6.33. The number of halogens is 1. The van der Waals surface area contributed by atoms with Gasteiger partial charge in [0.2, 0.25) is 5.91 Å². The summed E-state index contributed by atoms with van der Waals surface area (Å²) in [6, 6.07) is 10.3. The lowest BCUT2D eigenvalue weighted by atomic mass is 10.1. The van der Waals surface area contributed by atoms with Gasteiger partial charge in [-0.15, -0.1) is 0 Å². The summed E-state index contributed by atoms with van der Waals surface area (Å²) in [4.78, 5) is 10.8. The molecule has 0 radical (unpaired) electrons. The van der Waals surface area contributed by atoms with Gasteiger partial charge in [0.05, 0.1) is 11.1 Å². The molecule has 5 heteroatoms. The van der Waals surface area contributed by atoms with E-state index in [1.165, 1.54) is 0 Å². The molecule has 0 spiro atoms. The first-order valence-corrected chi connectivity index (χ1v) is 5.84. The Kier molecular flexibility index (Phi) is 3.69. The standard InChI is InChI=1S/C13H13ClN2O2/c14-9-4-2-1-3-8(9)11-5-6-12(18-11)10(15)7-13(16)17/h1-6,10H,7,15H2,(H2,16,17). The van der Waals surface area contributed by atoms with Gasteiger partial charge in [0.25, 0.3) is 0 Å². The van der Waals surface area contributed by atoms with Crippen molar-refractivity contribution < 1.29 is 9.21 Å². The summed E-state index contributed by atoms with van der Waals surface area (Å²) in [5.74, 6) is 0.678. The summed E-state index contributed by atoms with van der Waals surface area (Å²) in [5.41, 5.74) is 11.7. The first-order valence-electron chi connectivity index (χ1n) is 5.46. The number of benzene rings is 1. The molecule has 0 aliphatic heterocycles. The molecule has 1 atom stereocenters. The van der Waals surface area contributed by atoms with Crippen LogP contribution in [-0.4, -0.2) is 5.91 Å². The van der Waals surface area contributed by atoms with E-state index in [9.17, 15) is 4.79 Å². The van der Waals surface area contributed by atoms with Gasteiger partial charge in [0, 0.05) is 12.0 Å². The van der Waals surface area contributed by atoms with E-state index in [1.54, 1.807) is 18.2 Å². The number of carbonyl (C=O) groups excluding carboxylic acids is 1. The van der Waals surface area contributed by atoms with E-state index in [2.05, 4.69) is 0 Å². The summed E-state index contributed by atoms with van der Waals surface area (Å²) in [6.07, 6.45) is 0.0511. The van der Waals surface area contributed by atoms with Crippen molar-refractivity contribution in [3.05, 3.63) is 47.2 Å². The molecular formula is C13H13ClN2O2. The van der Waals surface area contributed by atoms with Crippen LogP contribution < -0.4 is 11.5 Å². The molecule has 0 aliphatic carbocycles. The zero-order valence-corrected chi connectivity index (χ0v) is 10.4. The summed E-state index contributed by atoms with van der Waals surface area (Å²) in [5, 5.41) is 0.599. The van der Waals surface area contributed by atoms with Crippen LogP contribution in [0.1, 0.15) is 18.2 Å². The van der Waals surface area contributed by atoms with Gasteiger partial charge in [-0.2, -0.15) is 0 Å². The monoisotopic (exact) mass is 264 g/mol. The third-order valence-electron chi connectivity index (χ3n) is 2.55. The summed E-state index contributed by atoms with van der Waals surface area (Å²) in [7, 11) is 0. The highest BCUT2D eigenvalue weighted by Crippen LogP contribution is 2.30. The molecule has 0 saturated carbocycles. The Balaban J connectivity index is 2.26. The molecule has 0 aliphatic rings. The zero-order chi connectivity index (χ0) is 13.1. The predicted octanol–water partition coefficient (Wildman–Crippen LogP) is 2.48. The van der Waals surface area contributed by atoms with Crippen molar-refractivity contribution in [1.82, 2.24) is 0 Å². The minimum atomic E-state index is -0.529. The molecule has 2 rings (SSSR count). The molecule has 1 heterocycles. The molecule has 4 N–H and O–H groups in total. The number of hydrogen-bond donors (Lipinski definition) is 2. The third-order valence-corrected chi connectivity index (χ3v) is 2.88. The van der Waals surface area contributed by atoms with Crippen molar-refractivity contribution in [2.24, 2.45) is 11.5 Å². The van der Waals surface area contributed by atoms with Crippen molar-refractivity contribution in [2.75, 3.05) is 0 Å². The number of rotatable bonds is 4. The smallest absolute Gasteiger partial charge is 0.219 e. The fourth-order valence-electron chi connectivity index (χ4n) is 1.68. The van der Waals surface area contributed by atoms with Crippen LogP contribution in [0.15, 0.2) is 40.8 Å². The van der Waals surface area contributed by atoms with Crippen LogP contribution in [0.25, 0.3) is 11.3 Å². The zero-order valence-electron chi connectivity index (χ0n) is 9.60. The maximum Gasteiger partial charge on any atom is 0.219 e. The molecule has 1 aromatic carbocycles. The van der Waals surface area contributed by atoms with Crippen LogP contribution in [0.3, 0.4) is 0 Å². The molecule has 1 unspecified atom stereocenters. The van der Waals surface area contributed by atoms with Crippen molar-refractivity contribution in [3.63, 3.8) is 0 Å². The summed E-state index contributed by atoms with van der Waals surface area (Å²) >= 11 is 6.07. The quantitative estimate of drug-likeness (QED) is 0.890. The molecule has 94 valence electrons. The molecule has 2 aromatic rings. The Hall–Kier alpha value is -1.78. The Labute approximate surface area is 110 Å². The molecular weight excluding hydrogens is 252 g/mol. The average molecular weight is 265 g/mol. The molecule has 0 bridgehead atoms. The SMILES string of the molecule is NC(=O)CC(N)c1ccc(-c2ccccc2Cl)o1. The number of carbonyl (C=O) groups is 1. The largest absolute Gasteiger partial charge is 0.459 e.